The molecule has 2 aromatic heterocycles. The number of alkyl halides is 3. The minimum atomic E-state index is -4.45. The van der Waals surface area contributed by atoms with Crippen LogP contribution in [0.2, 0.25) is 0 Å². The molecule has 0 bridgehead atoms. The zero-order valence-electron chi connectivity index (χ0n) is 12.9. The lowest BCUT2D eigenvalue weighted by atomic mass is 10.3. The minimum Gasteiger partial charge on any atom is -0.454 e. The van der Waals surface area contributed by atoms with Crippen LogP contribution in [0.25, 0.3) is 5.65 Å². The fourth-order valence-corrected chi connectivity index (χ4v) is 2.49. The molecular formula is C16H11F3N4O2. The number of ether oxygens (including phenoxy) is 2. The molecule has 0 N–H and O–H groups in total. The zero-order chi connectivity index (χ0) is 17.6. The highest BCUT2D eigenvalue weighted by Crippen LogP contribution is 2.36. The number of azo groups is 1. The number of benzene rings is 1. The normalized spacial score (nSPS) is 13.9. The SMILES string of the molecule is Cc1nc2ccc(C(F)(F)F)cn2c1N=Nc1ccc2c(c1)OCO2. The molecule has 0 saturated heterocycles. The Hall–Kier alpha value is -3.10. The molecule has 0 radical (unpaired) electrons. The van der Waals surface area contributed by atoms with E-state index in [0.717, 1.165) is 12.3 Å². The summed E-state index contributed by atoms with van der Waals surface area (Å²) < 4.78 is 50.5. The summed E-state index contributed by atoms with van der Waals surface area (Å²) in [5, 5.41) is 8.15. The number of halogens is 3. The first-order valence-electron chi connectivity index (χ1n) is 7.29. The molecule has 4 rings (SSSR count). The maximum absolute atomic E-state index is 12.9. The number of fused-ring (bicyclic) bond motifs is 2. The van der Waals surface area contributed by atoms with Crippen molar-refractivity contribution in [2.75, 3.05) is 6.79 Å². The molecule has 9 heteroatoms. The first-order valence-corrected chi connectivity index (χ1v) is 7.29. The van der Waals surface area contributed by atoms with E-state index in [-0.39, 0.29) is 12.6 Å². The molecule has 1 aromatic carbocycles. The second kappa shape index (κ2) is 5.47. The number of rotatable bonds is 2. The van der Waals surface area contributed by atoms with E-state index in [9.17, 15) is 13.2 Å². The van der Waals surface area contributed by atoms with Crippen LogP contribution in [0, 0.1) is 6.92 Å². The second-order valence-electron chi connectivity index (χ2n) is 5.40. The molecule has 128 valence electrons. The van der Waals surface area contributed by atoms with Crippen LogP contribution in [0.15, 0.2) is 46.8 Å². The Labute approximate surface area is 139 Å². The van der Waals surface area contributed by atoms with Crippen molar-refractivity contribution < 1.29 is 22.6 Å². The van der Waals surface area contributed by atoms with Crippen LogP contribution in [0.1, 0.15) is 11.3 Å². The standard InChI is InChI=1S/C16H11F3N4O2/c1-9-15(22-21-11-3-4-12-13(6-11)25-8-24-12)23-7-10(16(17,18)19)2-5-14(23)20-9/h2-7H,8H2,1H3. The quantitative estimate of drug-likeness (QED) is 0.625. The van der Waals surface area contributed by atoms with E-state index in [1.807, 2.05) is 0 Å². The fourth-order valence-electron chi connectivity index (χ4n) is 2.49. The monoisotopic (exact) mass is 348 g/mol. The summed E-state index contributed by atoms with van der Waals surface area (Å²) in [6.07, 6.45) is -3.48. The van der Waals surface area contributed by atoms with E-state index in [0.29, 0.717) is 28.5 Å². The Morgan fingerprint density at radius 1 is 1.08 bits per heavy atom. The van der Waals surface area contributed by atoms with Gasteiger partial charge in [0.2, 0.25) is 6.79 Å². The largest absolute Gasteiger partial charge is 0.454 e. The molecule has 1 aliphatic rings. The summed E-state index contributed by atoms with van der Waals surface area (Å²) >= 11 is 0. The fraction of sp³-hybridized carbons (Fsp3) is 0.188. The zero-order valence-corrected chi connectivity index (χ0v) is 12.9. The maximum atomic E-state index is 12.9. The molecule has 0 unspecified atom stereocenters. The molecule has 1 aliphatic heterocycles. The first kappa shape index (κ1) is 15.4. The molecule has 0 amide bonds. The highest BCUT2D eigenvalue weighted by atomic mass is 19.4. The Bertz CT molecular complexity index is 995. The lowest BCUT2D eigenvalue weighted by Crippen LogP contribution is -2.06. The predicted molar refractivity (Wildman–Crippen MR) is 81.7 cm³/mol. The van der Waals surface area contributed by atoms with E-state index in [4.69, 9.17) is 9.47 Å². The van der Waals surface area contributed by atoms with Crippen molar-refractivity contribution in [1.82, 2.24) is 9.38 Å². The summed E-state index contributed by atoms with van der Waals surface area (Å²) in [6, 6.07) is 7.30. The Kier molecular flexibility index (Phi) is 3.38. The predicted octanol–water partition coefficient (Wildman–Crippen LogP) is 4.81. The maximum Gasteiger partial charge on any atom is 0.417 e. The van der Waals surface area contributed by atoms with Gasteiger partial charge in [-0.05, 0) is 31.2 Å². The van der Waals surface area contributed by atoms with Crippen LogP contribution in [-0.4, -0.2) is 16.2 Å². The summed E-state index contributed by atoms with van der Waals surface area (Å²) in [6.45, 7) is 1.80. The van der Waals surface area contributed by atoms with E-state index >= 15 is 0 Å². The van der Waals surface area contributed by atoms with Crippen molar-refractivity contribution in [3.8, 4) is 11.5 Å². The van der Waals surface area contributed by atoms with Crippen molar-refractivity contribution >= 4 is 17.2 Å². The Balaban J connectivity index is 1.74. The van der Waals surface area contributed by atoms with Gasteiger partial charge in [0.15, 0.2) is 17.3 Å². The van der Waals surface area contributed by atoms with Crippen molar-refractivity contribution in [2.45, 2.75) is 13.1 Å². The highest BCUT2D eigenvalue weighted by molar-refractivity contribution is 5.54. The van der Waals surface area contributed by atoms with Crippen LogP contribution in [0.3, 0.4) is 0 Å². The summed E-state index contributed by atoms with van der Waals surface area (Å²) in [5.41, 5.74) is 0.552. The number of aromatic nitrogens is 2. The van der Waals surface area contributed by atoms with Crippen LogP contribution >= 0.6 is 0 Å². The molecule has 0 atom stereocenters. The number of hydrogen-bond donors (Lipinski definition) is 0. The van der Waals surface area contributed by atoms with Crippen molar-refractivity contribution in [3.05, 3.63) is 47.8 Å². The molecule has 0 aliphatic carbocycles. The minimum absolute atomic E-state index is 0.141. The highest BCUT2D eigenvalue weighted by Gasteiger charge is 2.31. The van der Waals surface area contributed by atoms with Gasteiger partial charge in [0, 0.05) is 12.3 Å². The number of nitrogens with zero attached hydrogens (tertiary/aromatic N) is 4. The Morgan fingerprint density at radius 3 is 2.68 bits per heavy atom. The summed E-state index contributed by atoms with van der Waals surface area (Å²) in [4.78, 5) is 4.20. The van der Waals surface area contributed by atoms with Crippen LogP contribution in [0.4, 0.5) is 24.7 Å². The number of imidazole rings is 1. The molecular weight excluding hydrogens is 337 g/mol. The summed E-state index contributed by atoms with van der Waals surface area (Å²) in [7, 11) is 0. The third-order valence-electron chi connectivity index (χ3n) is 3.70. The number of pyridine rings is 1. The smallest absolute Gasteiger partial charge is 0.417 e. The third-order valence-corrected chi connectivity index (χ3v) is 3.70. The molecule has 6 nitrogen and oxygen atoms in total. The van der Waals surface area contributed by atoms with Crippen LogP contribution in [0.5, 0.6) is 11.5 Å². The van der Waals surface area contributed by atoms with E-state index < -0.39 is 11.7 Å². The molecule has 25 heavy (non-hydrogen) atoms. The average molecular weight is 348 g/mol. The van der Waals surface area contributed by atoms with Crippen molar-refractivity contribution in [2.24, 2.45) is 10.2 Å². The third kappa shape index (κ3) is 2.77. The average Bonchev–Trinajstić information content (AvgIpc) is 3.14. The van der Waals surface area contributed by atoms with Gasteiger partial charge in [-0.15, -0.1) is 10.2 Å². The van der Waals surface area contributed by atoms with E-state index in [2.05, 4.69) is 15.2 Å². The van der Waals surface area contributed by atoms with Gasteiger partial charge in [0.1, 0.15) is 5.65 Å². The van der Waals surface area contributed by atoms with E-state index in [1.165, 1.54) is 10.5 Å². The molecule has 3 aromatic rings. The summed E-state index contributed by atoms with van der Waals surface area (Å²) in [5.74, 6) is 1.39. The van der Waals surface area contributed by atoms with Gasteiger partial charge in [-0.25, -0.2) is 4.98 Å². The Morgan fingerprint density at radius 2 is 1.88 bits per heavy atom. The molecule has 0 saturated carbocycles. The van der Waals surface area contributed by atoms with Gasteiger partial charge in [-0.1, -0.05) is 0 Å². The lowest BCUT2D eigenvalue weighted by molar-refractivity contribution is -0.137. The molecule has 0 fully saturated rings. The van der Waals surface area contributed by atoms with Gasteiger partial charge in [0.25, 0.3) is 0 Å². The van der Waals surface area contributed by atoms with Gasteiger partial charge < -0.3 is 9.47 Å². The first-order chi connectivity index (χ1) is 11.9. The van der Waals surface area contributed by atoms with Crippen molar-refractivity contribution in [1.29, 1.82) is 0 Å². The molecule has 0 spiro atoms. The van der Waals surface area contributed by atoms with Gasteiger partial charge in [-0.2, -0.15) is 13.2 Å². The van der Waals surface area contributed by atoms with Crippen molar-refractivity contribution in [3.63, 3.8) is 0 Å². The van der Waals surface area contributed by atoms with Gasteiger partial charge in [0.05, 0.1) is 16.9 Å². The molecule has 3 heterocycles. The van der Waals surface area contributed by atoms with Crippen LogP contribution in [-0.2, 0) is 6.18 Å². The number of hydrogen-bond acceptors (Lipinski definition) is 5. The van der Waals surface area contributed by atoms with E-state index in [1.54, 1.807) is 25.1 Å². The van der Waals surface area contributed by atoms with Gasteiger partial charge in [-0.3, -0.25) is 4.40 Å². The van der Waals surface area contributed by atoms with Crippen LogP contribution < -0.4 is 9.47 Å². The van der Waals surface area contributed by atoms with Gasteiger partial charge >= 0.3 is 6.18 Å². The second-order valence-corrected chi connectivity index (χ2v) is 5.40. The topological polar surface area (TPSA) is 60.5 Å². The lowest BCUT2D eigenvalue weighted by Gasteiger charge is -2.06. The number of aryl methyl sites for hydroxylation is 1.